The van der Waals surface area contributed by atoms with Gasteiger partial charge in [-0.05, 0) is 48.1 Å². The van der Waals surface area contributed by atoms with E-state index < -0.39 is 50.4 Å². The number of hydrogen-bond acceptors (Lipinski definition) is 0. The Bertz CT molecular complexity index is 1900. The van der Waals surface area contributed by atoms with E-state index in [-0.39, 0.29) is 17.7 Å². The molecule has 304 valence electrons. The zero-order chi connectivity index (χ0) is 42.1. The number of halogens is 11. The van der Waals surface area contributed by atoms with Gasteiger partial charge in [-0.15, -0.1) is 69.1 Å². The summed E-state index contributed by atoms with van der Waals surface area (Å²) in [6.07, 6.45) is -12.4. The summed E-state index contributed by atoms with van der Waals surface area (Å²) in [5, 5.41) is 4.48. The molecule has 56 heavy (non-hydrogen) atoms. The van der Waals surface area contributed by atoms with Gasteiger partial charge in [-0.3, -0.25) is 0 Å². The summed E-state index contributed by atoms with van der Waals surface area (Å²) in [5.41, 5.74) is -3.09. The van der Waals surface area contributed by atoms with Crippen LogP contribution in [0, 0.1) is 5.92 Å². The van der Waals surface area contributed by atoms with E-state index in [0.717, 1.165) is 44.4 Å². The first-order valence-corrected chi connectivity index (χ1v) is 26.8. The van der Waals surface area contributed by atoms with Crippen LogP contribution in [0.3, 0.4) is 0 Å². The molecule has 2 radical (unpaired) electrons. The van der Waals surface area contributed by atoms with Crippen molar-refractivity contribution in [3.8, 4) is 11.1 Å². The molecule has 1 atom stereocenters. The Labute approximate surface area is 345 Å². The van der Waals surface area contributed by atoms with Crippen LogP contribution in [0.2, 0.25) is 13.1 Å². The molecule has 0 bridgehead atoms. The van der Waals surface area contributed by atoms with Gasteiger partial charge in [0.25, 0.3) is 5.41 Å². The molecule has 1 unspecified atom stereocenters. The van der Waals surface area contributed by atoms with Crippen molar-refractivity contribution in [1.29, 1.82) is 0 Å². The Balaban J connectivity index is 0.000000278. The first-order chi connectivity index (χ1) is 26.3. The van der Waals surface area contributed by atoms with E-state index in [1.807, 2.05) is 19.1 Å². The maximum absolute atomic E-state index is 13.3. The molecule has 0 saturated heterocycles. The third kappa shape index (κ3) is 10.9. The summed E-state index contributed by atoms with van der Waals surface area (Å²) in [4.78, 5) is 0. The van der Waals surface area contributed by atoms with Crippen molar-refractivity contribution in [3.05, 3.63) is 107 Å². The SMILES string of the molecule is CCC(C)c1cccc2[cH-]c(C3CCC(C)CC3)cc12.CCc1cc2c(-c3ccc(C(C(F)(F)F)(C(F)(F)F)C(F)(F)F)cc3)cccc2[cH-]1.C[Si]C.[Cl][Zr+2][Cl]. The van der Waals surface area contributed by atoms with Crippen molar-refractivity contribution in [2.45, 2.75) is 115 Å². The molecule has 1 fully saturated rings. The van der Waals surface area contributed by atoms with Crippen LogP contribution < -0.4 is 0 Å². The average molecular weight is 925 g/mol. The Kier molecular flexibility index (Phi) is 17.9. The van der Waals surface area contributed by atoms with Gasteiger partial charge in [0.2, 0.25) is 0 Å². The van der Waals surface area contributed by atoms with E-state index in [4.69, 9.17) is 17.0 Å². The van der Waals surface area contributed by atoms with Crippen molar-refractivity contribution in [2.75, 3.05) is 0 Å². The molecule has 0 aliphatic heterocycles. The van der Waals surface area contributed by atoms with Crippen LogP contribution in [0.4, 0.5) is 39.5 Å². The van der Waals surface area contributed by atoms with Gasteiger partial charge in [0, 0.05) is 9.52 Å². The van der Waals surface area contributed by atoms with Crippen LogP contribution in [0.25, 0.3) is 32.7 Å². The molecule has 0 aromatic heterocycles. The molecule has 13 heteroatoms. The Morgan fingerprint density at radius 3 is 1.71 bits per heavy atom. The van der Waals surface area contributed by atoms with Crippen LogP contribution in [-0.4, -0.2) is 28.0 Å². The summed E-state index contributed by atoms with van der Waals surface area (Å²) < 4.78 is 120. The fourth-order valence-corrected chi connectivity index (χ4v) is 7.39. The number of hydrogen-bond donors (Lipinski definition) is 0. The van der Waals surface area contributed by atoms with Gasteiger partial charge in [0.05, 0.1) is 0 Å². The van der Waals surface area contributed by atoms with Gasteiger partial charge in [-0.25, -0.2) is 0 Å². The van der Waals surface area contributed by atoms with Gasteiger partial charge < -0.3 is 0 Å². The molecular formula is C43H47Cl2F9SiZr. The van der Waals surface area contributed by atoms with Crippen LogP contribution >= 0.6 is 17.0 Å². The number of rotatable bonds is 6. The second kappa shape index (κ2) is 20.8. The normalized spacial score (nSPS) is 16.8. The summed E-state index contributed by atoms with van der Waals surface area (Å²) in [7, 11) is 11.0. The van der Waals surface area contributed by atoms with E-state index in [9.17, 15) is 39.5 Å². The van der Waals surface area contributed by atoms with Gasteiger partial charge in [0.1, 0.15) is 0 Å². The minimum atomic E-state index is -6.63. The number of benzene rings is 3. The average Bonchev–Trinajstić information content (AvgIpc) is 3.76. The van der Waals surface area contributed by atoms with Crippen molar-refractivity contribution >= 4 is 48.1 Å². The minimum absolute atomic E-state index is 0.207. The van der Waals surface area contributed by atoms with Crippen LogP contribution in [0.1, 0.15) is 93.9 Å². The summed E-state index contributed by atoms with van der Waals surface area (Å²) in [5.74, 6) is 2.41. The Hall–Kier alpha value is -2.07. The third-order valence-corrected chi connectivity index (χ3v) is 10.6. The Morgan fingerprint density at radius 1 is 0.732 bits per heavy atom. The van der Waals surface area contributed by atoms with E-state index in [0.29, 0.717) is 23.3 Å². The standard InChI is InChI=1S/C21H14F9.C20H27.C2H6Si.2ClH.Zr/c1-2-12-10-14-4-3-5-16(17(14)11-12)13-6-8-15(9-7-13)18(19(22,23)24,20(25,26)27)21(28,29)30;1-4-15(3)19-7-5-6-17-12-18(13-20(17)19)16-10-8-14(2)9-11-16;1-3-2;;;/h3-11H,2H2,1H3;5-7,12-16H,4,8-11H2,1-3H3;1-2H3;2*1H;/q2*-1;;;;+4/p-2. The molecule has 1 aliphatic carbocycles. The second-order valence-corrected chi connectivity index (χ2v) is 19.1. The van der Waals surface area contributed by atoms with Gasteiger partial charge in [-0.1, -0.05) is 108 Å². The molecule has 0 N–H and O–H groups in total. The molecule has 1 saturated carbocycles. The van der Waals surface area contributed by atoms with Crippen molar-refractivity contribution in [1.82, 2.24) is 0 Å². The topological polar surface area (TPSA) is 0 Å². The molecule has 0 amide bonds. The Morgan fingerprint density at radius 2 is 1.23 bits per heavy atom. The first-order valence-electron chi connectivity index (χ1n) is 18.5. The molecular weight excluding hydrogens is 878 g/mol. The number of aryl methyl sites for hydroxylation is 1. The number of alkyl halides is 9. The predicted octanol–water partition coefficient (Wildman–Crippen LogP) is 16.2. The molecule has 0 heterocycles. The second-order valence-electron chi connectivity index (χ2n) is 14.3. The quantitative estimate of drug-likeness (QED) is 0.0904. The van der Waals surface area contributed by atoms with E-state index in [1.165, 1.54) is 42.9 Å². The zero-order valence-corrected chi connectivity index (χ0v) is 37.2. The molecule has 1 aliphatic rings. The predicted molar refractivity (Wildman–Crippen MR) is 212 cm³/mol. The summed E-state index contributed by atoms with van der Waals surface area (Å²) in [6, 6.07) is 22.7. The van der Waals surface area contributed by atoms with Gasteiger partial charge in [-0.2, -0.15) is 51.6 Å². The third-order valence-electron chi connectivity index (χ3n) is 10.6. The van der Waals surface area contributed by atoms with Crippen molar-refractivity contribution in [3.63, 3.8) is 0 Å². The van der Waals surface area contributed by atoms with Crippen LogP contribution in [0.15, 0.2) is 84.9 Å². The molecule has 5 aromatic carbocycles. The molecule has 5 aromatic rings. The zero-order valence-electron chi connectivity index (χ0n) is 32.2. The summed E-state index contributed by atoms with van der Waals surface area (Å²) >= 11 is -0.826. The van der Waals surface area contributed by atoms with Crippen LogP contribution in [-0.2, 0) is 32.7 Å². The van der Waals surface area contributed by atoms with E-state index in [2.05, 4.69) is 64.2 Å². The van der Waals surface area contributed by atoms with E-state index >= 15 is 0 Å². The van der Waals surface area contributed by atoms with Crippen LogP contribution in [0.5, 0.6) is 0 Å². The monoisotopic (exact) mass is 922 g/mol. The van der Waals surface area contributed by atoms with Gasteiger partial charge >= 0.3 is 56.4 Å². The first kappa shape index (κ1) is 48.3. The fraction of sp³-hybridized carbons (Fsp3) is 0.442. The van der Waals surface area contributed by atoms with E-state index in [1.54, 1.807) is 29.3 Å². The summed E-state index contributed by atoms with van der Waals surface area (Å²) in [6.45, 7) is 13.3. The molecule has 0 spiro atoms. The van der Waals surface area contributed by atoms with Crippen molar-refractivity contribution < 1.29 is 60.4 Å². The molecule has 0 nitrogen and oxygen atoms in total. The van der Waals surface area contributed by atoms with Crippen molar-refractivity contribution in [2.24, 2.45) is 5.92 Å². The van der Waals surface area contributed by atoms with Gasteiger partial charge in [0.15, 0.2) is 0 Å². The molecule has 6 rings (SSSR count). The maximum atomic E-state index is 13.3. The number of fused-ring (bicyclic) bond motifs is 2. The fourth-order valence-electron chi connectivity index (χ4n) is 7.39.